The molecule has 0 aliphatic carbocycles. The van der Waals surface area contributed by atoms with E-state index in [0.717, 1.165) is 11.3 Å². The number of ether oxygens (including phenoxy) is 1. The number of aromatic nitrogens is 3. The summed E-state index contributed by atoms with van der Waals surface area (Å²) in [5.41, 5.74) is 1.58. The van der Waals surface area contributed by atoms with Crippen LogP contribution in [0.5, 0.6) is 5.75 Å². The number of hydrogen-bond acceptors (Lipinski definition) is 5. The van der Waals surface area contributed by atoms with Crippen LogP contribution in [-0.2, 0) is 17.9 Å². The Morgan fingerprint density at radius 3 is 2.67 bits per heavy atom. The van der Waals surface area contributed by atoms with Gasteiger partial charge < -0.3 is 10.1 Å². The zero-order valence-electron chi connectivity index (χ0n) is 16.3. The summed E-state index contributed by atoms with van der Waals surface area (Å²) in [7, 11) is 0. The Balaban J connectivity index is 1.63. The van der Waals surface area contributed by atoms with Crippen LogP contribution in [0.25, 0.3) is 0 Å². The first-order chi connectivity index (χ1) is 14.5. The Hall–Kier alpha value is -2.48. The molecule has 0 radical (unpaired) electrons. The van der Waals surface area contributed by atoms with Crippen molar-refractivity contribution in [2.75, 3.05) is 11.1 Å². The van der Waals surface area contributed by atoms with E-state index in [1.807, 2.05) is 35.8 Å². The van der Waals surface area contributed by atoms with Gasteiger partial charge in [0.25, 0.3) is 0 Å². The van der Waals surface area contributed by atoms with Gasteiger partial charge in [0, 0.05) is 22.3 Å². The molecule has 0 spiro atoms. The summed E-state index contributed by atoms with van der Waals surface area (Å²) in [6.45, 7) is 6.54. The number of nitrogens with zero attached hydrogens (tertiary/aromatic N) is 3. The zero-order valence-corrected chi connectivity index (χ0v) is 18.6. The lowest BCUT2D eigenvalue weighted by molar-refractivity contribution is -0.113. The molecule has 0 saturated heterocycles. The summed E-state index contributed by atoms with van der Waals surface area (Å²) in [5.74, 6) is 1.39. The lowest BCUT2D eigenvalue weighted by Gasteiger charge is -2.10. The molecule has 30 heavy (non-hydrogen) atoms. The molecule has 0 bridgehead atoms. The molecule has 0 saturated carbocycles. The summed E-state index contributed by atoms with van der Waals surface area (Å²) in [6, 6.07) is 12.6. The van der Waals surface area contributed by atoms with E-state index < -0.39 is 0 Å². The molecule has 0 unspecified atom stereocenters. The van der Waals surface area contributed by atoms with Gasteiger partial charge in [-0.25, -0.2) is 0 Å². The molecule has 0 atom stereocenters. The molecule has 0 fully saturated rings. The molecule has 3 aromatic rings. The Morgan fingerprint density at radius 2 is 1.97 bits per heavy atom. The lowest BCUT2D eigenvalue weighted by atomic mass is 10.2. The maximum atomic E-state index is 12.3. The van der Waals surface area contributed by atoms with Crippen molar-refractivity contribution in [1.82, 2.24) is 14.8 Å². The number of carbonyl (C=O) groups is 1. The van der Waals surface area contributed by atoms with Gasteiger partial charge in [-0.3, -0.25) is 9.36 Å². The molecule has 0 aliphatic rings. The SMILES string of the molecule is C=CCn1c(COc2ccccc2C)nnc1SCC(=O)Nc1cc(Cl)cc(Cl)c1. The van der Waals surface area contributed by atoms with Gasteiger partial charge in [0.1, 0.15) is 12.4 Å². The maximum absolute atomic E-state index is 12.3. The van der Waals surface area contributed by atoms with Gasteiger partial charge in [-0.15, -0.1) is 16.8 Å². The summed E-state index contributed by atoms with van der Waals surface area (Å²) in [5, 5.41) is 12.7. The minimum absolute atomic E-state index is 0.151. The average Bonchev–Trinajstić information content (AvgIpc) is 3.07. The minimum atomic E-state index is -0.204. The summed E-state index contributed by atoms with van der Waals surface area (Å²) in [4.78, 5) is 12.3. The number of para-hydroxylation sites is 1. The highest BCUT2D eigenvalue weighted by Crippen LogP contribution is 2.24. The normalized spacial score (nSPS) is 10.6. The summed E-state index contributed by atoms with van der Waals surface area (Å²) in [6.07, 6.45) is 1.75. The summed E-state index contributed by atoms with van der Waals surface area (Å²) >= 11 is 13.2. The van der Waals surface area contributed by atoms with Crippen molar-refractivity contribution < 1.29 is 9.53 Å². The van der Waals surface area contributed by atoms with Gasteiger partial charge >= 0.3 is 0 Å². The van der Waals surface area contributed by atoms with Gasteiger partial charge in [0.15, 0.2) is 11.0 Å². The van der Waals surface area contributed by atoms with Crippen molar-refractivity contribution >= 4 is 46.6 Å². The lowest BCUT2D eigenvalue weighted by Crippen LogP contribution is -2.15. The molecule has 3 rings (SSSR count). The Bertz CT molecular complexity index is 1030. The molecule has 2 aromatic carbocycles. The molecule has 9 heteroatoms. The van der Waals surface area contributed by atoms with Gasteiger partial charge in [-0.2, -0.15) is 0 Å². The number of anilines is 1. The van der Waals surface area contributed by atoms with Crippen LogP contribution in [0.15, 0.2) is 60.3 Å². The third-order valence-electron chi connectivity index (χ3n) is 4.03. The standard InChI is InChI=1S/C21H20Cl2N4O2S/c1-3-8-27-19(12-29-18-7-5-4-6-14(18)2)25-26-21(27)30-13-20(28)24-17-10-15(22)9-16(23)11-17/h3-7,9-11H,1,8,12-13H2,2H3,(H,24,28). The summed E-state index contributed by atoms with van der Waals surface area (Å²) < 4.78 is 7.75. The molecule has 156 valence electrons. The highest BCUT2D eigenvalue weighted by Gasteiger charge is 2.15. The van der Waals surface area contributed by atoms with Crippen molar-refractivity contribution in [3.8, 4) is 5.75 Å². The first-order valence-electron chi connectivity index (χ1n) is 9.06. The highest BCUT2D eigenvalue weighted by atomic mass is 35.5. The number of aryl methyl sites for hydroxylation is 1. The van der Waals surface area contributed by atoms with Crippen LogP contribution in [0.3, 0.4) is 0 Å². The third-order valence-corrected chi connectivity index (χ3v) is 5.44. The van der Waals surface area contributed by atoms with Crippen LogP contribution >= 0.6 is 35.0 Å². The topological polar surface area (TPSA) is 69.0 Å². The van der Waals surface area contributed by atoms with Crippen molar-refractivity contribution in [3.05, 3.63) is 76.6 Å². The maximum Gasteiger partial charge on any atom is 0.234 e. The molecule has 6 nitrogen and oxygen atoms in total. The van der Waals surface area contributed by atoms with Crippen LogP contribution in [0, 0.1) is 6.92 Å². The van der Waals surface area contributed by atoms with E-state index in [2.05, 4.69) is 22.1 Å². The third kappa shape index (κ3) is 6.01. The number of carbonyl (C=O) groups excluding carboxylic acids is 1. The number of thioether (sulfide) groups is 1. The van der Waals surface area contributed by atoms with E-state index in [-0.39, 0.29) is 18.3 Å². The number of halogens is 2. The van der Waals surface area contributed by atoms with Crippen molar-refractivity contribution in [3.63, 3.8) is 0 Å². The number of allylic oxidation sites excluding steroid dienone is 1. The van der Waals surface area contributed by atoms with Gasteiger partial charge in [0.05, 0.1) is 5.75 Å². The van der Waals surface area contributed by atoms with E-state index in [0.29, 0.717) is 33.3 Å². The Kier molecular flexibility index (Phi) is 7.79. The largest absolute Gasteiger partial charge is 0.485 e. The van der Waals surface area contributed by atoms with Crippen molar-refractivity contribution in [2.24, 2.45) is 0 Å². The highest BCUT2D eigenvalue weighted by molar-refractivity contribution is 7.99. The number of nitrogens with one attached hydrogen (secondary N) is 1. The average molecular weight is 463 g/mol. The Morgan fingerprint density at radius 1 is 1.23 bits per heavy atom. The van der Waals surface area contributed by atoms with Crippen LogP contribution in [0.4, 0.5) is 5.69 Å². The van der Waals surface area contributed by atoms with E-state index in [4.69, 9.17) is 27.9 Å². The van der Waals surface area contributed by atoms with Gasteiger partial charge in [-0.1, -0.05) is 59.2 Å². The second-order valence-corrected chi connectivity index (χ2v) is 8.16. The fraction of sp³-hybridized carbons (Fsp3) is 0.190. The Labute approximate surface area is 189 Å². The van der Waals surface area contributed by atoms with Crippen LogP contribution in [0.1, 0.15) is 11.4 Å². The quantitative estimate of drug-likeness (QED) is 0.341. The second kappa shape index (κ2) is 10.5. The number of benzene rings is 2. The number of rotatable bonds is 9. The first-order valence-corrected chi connectivity index (χ1v) is 10.8. The molecule has 1 heterocycles. The molecular formula is C21H20Cl2N4O2S. The van der Waals surface area contributed by atoms with Crippen LogP contribution < -0.4 is 10.1 Å². The smallest absolute Gasteiger partial charge is 0.234 e. The minimum Gasteiger partial charge on any atom is -0.485 e. The molecule has 1 N–H and O–H groups in total. The molecule has 0 aliphatic heterocycles. The van der Waals surface area contributed by atoms with Crippen LogP contribution in [0.2, 0.25) is 10.0 Å². The fourth-order valence-corrected chi connectivity index (χ4v) is 3.95. The number of amides is 1. The molecule has 1 amide bonds. The van der Waals surface area contributed by atoms with Crippen molar-refractivity contribution in [2.45, 2.75) is 25.2 Å². The molecule has 1 aromatic heterocycles. The van der Waals surface area contributed by atoms with Gasteiger partial charge in [0.2, 0.25) is 5.91 Å². The van der Waals surface area contributed by atoms with Crippen molar-refractivity contribution in [1.29, 1.82) is 0 Å². The fourth-order valence-electron chi connectivity index (χ4n) is 2.66. The van der Waals surface area contributed by atoms with Crippen LogP contribution in [-0.4, -0.2) is 26.4 Å². The van der Waals surface area contributed by atoms with E-state index in [1.54, 1.807) is 24.3 Å². The predicted molar refractivity (Wildman–Crippen MR) is 122 cm³/mol. The van der Waals surface area contributed by atoms with E-state index in [9.17, 15) is 4.79 Å². The first kappa shape index (κ1) is 22.2. The number of hydrogen-bond donors (Lipinski definition) is 1. The zero-order chi connectivity index (χ0) is 21.5. The second-order valence-electron chi connectivity index (χ2n) is 6.35. The van der Waals surface area contributed by atoms with E-state index in [1.165, 1.54) is 11.8 Å². The van der Waals surface area contributed by atoms with Gasteiger partial charge in [-0.05, 0) is 36.8 Å². The monoisotopic (exact) mass is 462 g/mol. The van der Waals surface area contributed by atoms with E-state index >= 15 is 0 Å². The predicted octanol–water partition coefficient (Wildman–Crippen LogP) is 5.39. The molecular weight excluding hydrogens is 443 g/mol.